The number of benzene rings is 1. The zero-order valence-electron chi connectivity index (χ0n) is 14.0. The second-order valence-electron chi connectivity index (χ2n) is 5.51. The van der Waals surface area contributed by atoms with Gasteiger partial charge in [-0.05, 0) is 37.0 Å². The third-order valence-corrected chi connectivity index (χ3v) is 3.64. The van der Waals surface area contributed by atoms with E-state index in [1.807, 2.05) is 6.07 Å². The molecule has 0 radical (unpaired) electrons. The van der Waals surface area contributed by atoms with E-state index in [0.717, 1.165) is 31.4 Å². The third-order valence-electron chi connectivity index (χ3n) is 3.64. The van der Waals surface area contributed by atoms with E-state index in [1.165, 1.54) is 0 Å². The Balaban J connectivity index is 2.75. The van der Waals surface area contributed by atoms with Crippen LogP contribution < -0.4 is 5.32 Å². The number of rotatable bonds is 8. The lowest BCUT2D eigenvalue weighted by atomic mass is 10.0. The Kier molecular flexibility index (Phi) is 8.06. The molecular formula is C17H19F3N2O4. The molecule has 0 spiro atoms. The number of alkyl halides is 3. The van der Waals surface area contributed by atoms with Crippen molar-refractivity contribution in [3.63, 3.8) is 0 Å². The maximum Gasteiger partial charge on any atom is 0.416 e. The first-order valence-electron chi connectivity index (χ1n) is 7.81. The SMILES string of the molecule is COC(=O)[C@@H](CCCCC#N)NC(=O)[C@@H](O)c1ccc(C(F)(F)F)cc1. The molecule has 0 heterocycles. The molecule has 2 atom stereocenters. The highest BCUT2D eigenvalue weighted by atomic mass is 19.4. The summed E-state index contributed by atoms with van der Waals surface area (Å²) < 4.78 is 42.2. The van der Waals surface area contributed by atoms with Gasteiger partial charge in [0.1, 0.15) is 6.04 Å². The minimum absolute atomic E-state index is 0.0383. The number of carbonyl (C=O) groups is 2. The number of amides is 1. The molecule has 0 saturated heterocycles. The van der Waals surface area contributed by atoms with Crippen LogP contribution in [0, 0.1) is 11.3 Å². The number of esters is 1. The molecule has 0 aliphatic rings. The summed E-state index contributed by atoms with van der Waals surface area (Å²) in [6, 6.07) is 4.44. The maximum absolute atomic E-state index is 12.5. The van der Waals surface area contributed by atoms with Crippen LogP contribution in [-0.2, 0) is 20.5 Å². The monoisotopic (exact) mass is 372 g/mol. The van der Waals surface area contributed by atoms with Crippen molar-refractivity contribution in [3.8, 4) is 6.07 Å². The van der Waals surface area contributed by atoms with Crippen LogP contribution >= 0.6 is 0 Å². The largest absolute Gasteiger partial charge is 0.467 e. The number of aliphatic hydroxyl groups is 1. The quantitative estimate of drug-likeness (QED) is 0.539. The summed E-state index contributed by atoms with van der Waals surface area (Å²) in [5.41, 5.74) is -0.942. The van der Waals surface area contributed by atoms with Gasteiger partial charge in [-0.3, -0.25) is 4.79 Å². The number of nitrogens with one attached hydrogen (secondary N) is 1. The van der Waals surface area contributed by atoms with Crippen LogP contribution in [0.25, 0.3) is 0 Å². The molecule has 2 N–H and O–H groups in total. The number of hydrogen-bond donors (Lipinski definition) is 2. The van der Waals surface area contributed by atoms with E-state index in [1.54, 1.807) is 0 Å². The fourth-order valence-corrected chi connectivity index (χ4v) is 2.20. The maximum atomic E-state index is 12.5. The second-order valence-corrected chi connectivity index (χ2v) is 5.51. The van der Waals surface area contributed by atoms with E-state index in [2.05, 4.69) is 10.1 Å². The molecular weight excluding hydrogens is 353 g/mol. The van der Waals surface area contributed by atoms with Gasteiger partial charge < -0.3 is 15.2 Å². The molecule has 0 unspecified atom stereocenters. The Hall–Kier alpha value is -2.60. The van der Waals surface area contributed by atoms with Gasteiger partial charge in [-0.2, -0.15) is 18.4 Å². The summed E-state index contributed by atoms with van der Waals surface area (Å²) >= 11 is 0. The molecule has 1 amide bonds. The molecule has 1 aromatic rings. The molecule has 0 fully saturated rings. The van der Waals surface area contributed by atoms with Crippen molar-refractivity contribution >= 4 is 11.9 Å². The Bertz CT molecular complexity index is 653. The number of halogens is 3. The van der Waals surface area contributed by atoms with E-state index < -0.39 is 35.8 Å². The lowest BCUT2D eigenvalue weighted by Gasteiger charge is -2.19. The van der Waals surface area contributed by atoms with Crippen LogP contribution in [0.2, 0.25) is 0 Å². The van der Waals surface area contributed by atoms with E-state index in [0.29, 0.717) is 19.3 Å². The number of methoxy groups -OCH3 is 1. The van der Waals surface area contributed by atoms with E-state index >= 15 is 0 Å². The first kappa shape index (κ1) is 21.4. The van der Waals surface area contributed by atoms with Crippen molar-refractivity contribution < 1.29 is 32.6 Å². The van der Waals surface area contributed by atoms with E-state index in [9.17, 15) is 27.9 Å². The predicted octanol–water partition coefficient (Wildman–Crippen LogP) is 2.48. The second kappa shape index (κ2) is 9.77. The number of hydrogen-bond acceptors (Lipinski definition) is 5. The van der Waals surface area contributed by atoms with Crippen LogP contribution in [0.1, 0.15) is 42.9 Å². The van der Waals surface area contributed by atoms with Crippen LogP contribution in [0.15, 0.2) is 24.3 Å². The highest BCUT2D eigenvalue weighted by Gasteiger charge is 2.31. The van der Waals surface area contributed by atoms with Gasteiger partial charge in [-0.15, -0.1) is 0 Å². The molecule has 142 valence electrons. The lowest BCUT2D eigenvalue weighted by Crippen LogP contribution is -2.43. The van der Waals surface area contributed by atoms with Crippen LogP contribution in [0.4, 0.5) is 13.2 Å². The first-order chi connectivity index (χ1) is 12.2. The molecule has 0 aliphatic carbocycles. The van der Waals surface area contributed by atoms with E-state index in [4.69, 9.17) is 5.26 Å². The first-order valence-corrected chi connectivity index (χ1v) is 7.81. The molecule has 0 bridgehead atoms. The van der Waals surface area contributed by atoms with E-state index in [-0.39, 0.29) is 12.0 Å². The highest BCUT2D eigenvalue weighted by Crippen LogP contribution is 2.30. The van der Waals surface area contributed by atoms with Gasteiger partial charge in [0.2, 0.25) is 0 Å². The minimum atomic E-state index is -4.52. The lowest BCUT2D eigenvalue weighted by molar-refractivity contribution is -0.146. The number of ether oxygens (including phenoxy) is 1. The Morgan fingerprint density at radius 3 is 2.38 bits per heavy atom. The molecule has 26 heavy (non-hydrogen) atoms. The zero-order valence-corrected chi connectivity index (χ0v) is 14.0. The van der Waals surface area contributed by atoms with Crippen molar-refractivity contribution in [3.05, 3.63) is 35.4 Å². The number of carbonyl (C=O) groups excluding carboxylic acids is 2. The van der Waals surface area contributed by atoms with Gasteiger partial charge in [0.15, 0.2) is 6.10 Å². The number of aliphatic hydroxyl groups excluding tert-OH is 1. The molecule has 1 rings (SSSR count). The molecule has 1 aromatic carbocycles. The Morgan fingerprint density at radius 2 is 1.88 bits per heavy atom. The molecule has 9 heteroatoms. The topological polar surface area (TPSA) is 99.4 Å². The summed E-state index contributed by atoms with van der Waals surface area (Å²) in [6.45, 7) is 0. The standard InChI is InChI=1S/C17H19F3N2O4/c1-26-16(25)13(5-3-2-4-10-21)22-15(24)14(23)11-6-8-12(9-7-11)17(18,19)20/h6-9,13-14,23H,2-5H2,1H3,(H,22,24)/t13-,14+/m1/s1. The molecule has 0 aliphatic heterocycles. The average molecular weight is 372 g/mol. The van der Waals surface area contributed by atoms with Crippen molar-refractivity contribution in [1.29, 1.82) is 5.26 Å². The van der Waals surface area contributed by atoms with Crippen LogP contribution in [-0.4, -0.2) is 30.1 Å². The Labute approximate surface area is 148 Å². The summed E-state index contributed by atoms with van der Waals surface area (Å²) in [6.07, 6.45) is -4.74. The van der Waals surface area contributed by atoms with Crippen molar-refractivity contribution in [2.45, 2.75) is 44.0 Å². The van der Waals surface area contributed by atoms with Gasteiger partial charge in [0.25, 0.3) is 5.91 Å². The van der Waals surface area contributed by atoms with Crippen molar-refractivity contribution in [2.24, 2.45) is 0 Å². The highest BCUT2D eigenvalue weighted by molar-refractivity contribution is 5.87. The number of nitrogens with zero attached hydrogens (tertiary/aromatic N) is 1. The fraction of sp³-hybridized carbons (Fsp3) is 0.471. The van der Waals surface area contributed by atoms with Crippen molar-refractivity contribution in [2.75, 3.05) is 7.11 Å². The summed E-state index contributed by atoms with van der Waals surface area (Å²) in [5.74, 6) is -1.64. The average Bonchev–Trinajstić information content (AvgIpc) is 2.62. The molecule has 6 nitrogen and oxygen atoms in total. The number of nitriles is 1. The van der Waals surface area contributed by atoms with Crippen LogP contribution in [0.5, 0.6) is 0 Å². The smallest absolute Gasteiger partial charge is 0.416 e. The zero-order chi connectivity index (χ0) is 19.7. The van der Waals surface area contributed by atoms with Gasteiger partial charge in [-0.25, -0.2) is 4.79 Å². The van der Waals surface area contributed by atoms with Gasteiger partial charge >= 0.3 is 12.1 Å². The summed E-state index contributed by atoms with van der Waals surface area (Å²) in [7, 11) is 1.14. The Morgan fingerprint density at radius 1 is 1.27 bits per heavy atom. The van der Waals surface area contributed by atoms with Gasteiger partial charge in [0.05, 0.1) is 18.7 Å². The normalized spacial score (nSPS) is 13.4. The van der Waals surface area contributed by atoms with Gasteiger partial charge in [0, 0.05) is 6.42 Å². The number of unbranched alkanes of at least 4 members (excludes halogenated alkanes) is 2. The summed E-state index contributed by atoms with van der Waals surface area (Å²) in [4.78, 5) is 23.8. The van der Waals surface area contributed by atoms with Crippen molar-refractivity contribution in [1.82, 2.24) is 5.32 Å². The summed E-state index contributed by atoms with van der Waals surface area (Å²) in [5, 5.41) is 20.8. The van der Waals surface area contributed by atoms with Crippen LogP contribution in [0.3, 0.4) is 0 Å². The fourth-order valence-electron chi connectivity index (χ4n) is 2.20. The minimum Gasteiger partial charge on any atom is -0.467 e. The predicted molar refractivity (Wildman–Crippen MR) is 84.4 cm³/mol. The third kappa shape index (κ3) is 6.37. The molecule has 0 saturated carbocycles. The molecule has 0 aromatic heterocycles. The van der Waals surface area contributed by atoms with Gasteiger partial charge in [-0.1, -0.05) is 12.1 Å².